The van der Waals surface area contributed by atoms with Crippen molar-refractivity contribution >= 4 is 5.96 Å². The average Bonchev–Trinajstić information content (AvgIpc) is 2.95. The molecule has 20 heavy (non-hydrogen) atoms. The molecule has 6 nitrogen and oxygen atoms in total. The maximum absolute atomic E-state index is 5.58. The van der Waals surface area contributed by atoms with Crippen LogP contribution >= 0.6 is 0 Å². The summed E-state index contributed by atoms with van der Waals surface area (Å²) in [5.41, 5.74) is -0.214. The maximum Gasteiger partial charge on any atom is 0.191 e. The largest absolute Gasteiger partial charge is 0.377 e. The van der Waals surface area contributed by atoms with Gasteiger partial charge in [0.1, 0.15) is 0 Å². The predicted octanol–water partition coefficient (Wildman–Crippen LogP) is 0.772. The first-order valence-electron chi connectivity index (χ1n) is 7.26. The molecule has 1 atom stereocenters. The van der Waals surface area contributed by atoms with Gasteiger partial charge in [-0.3, -0.25) is 4.99 Å². The number of hydrogen-bond donors (Lipinski definition) is 2. The maximum atomic E-state index is 5.58. The van der Waals surface area contributed by atoms with Crippen LogP contribution in [-0.4, -0.2) is 64.7 Å². The van der Waals surface area contributed by atoms with Crippen molar-refractivity contribution in [2.24, 2.45) is 4.99 Å². The summed E-state index contributed by atoms with van der Waals surface area (Å²) in [6.07, 6.45) is 2.55. The number of rotatable bonds is 8. The van der Waals surface area contributed by atoms with Gasteiger partial charge in [-0.15, -0.1) is 0 Å². The van der Waals surface area contributed by atoms with Crippen LogP contribution in [0.15, 0.2) is 4.99 Å². The summed E-state index contributed by atoms with van der Waals surface area (Å²) in [7, 11) is 3.46. The van der Waals surface area contributed by atoms with E-state index in [1.54, 1.807) is 14.2 Å². The Morgan fingerprint density at radius 3 is 2.80 bits per heavy atom. The summed E-state index contributed by atoms with van der Waals surface area (Å²) in [5, 5.41) is 6.44. The standard InChI is InChI=1S/C14H29N3O3/c1-14(2,18-4)11-17-13(15-3)16-7-9-19-10-12-6-5-8-20-12/h12H,5-11H2,1-4H3,(H2,15,16,17). The molecule has 1 unspecified atom stereocenters. The zero-order chi connectivity index (χ0) is 14.8. The molecular formula is C14H29N3O3. The summed E-state index contributed by atoms with van der Waals surface area (Å²) >= 11 is 0. The fourth-order valence-corrected chi connectivity index (χ4v) is 1.82. The Labute approximate surface area is 122 Å². The predicted molar refractivity (Wildman–Crippen MR) is 80.2 cm³/mol. The van der Waals surface area contributed by atoms with Crippen molar-refractivity contribution in [1.29, 1.82) is 0 Å². The van der Waals surface area contributed by atoms with Crippen LogP contribution in [0.1, 0.15) is 26.7 Å². The second kappa shape index (κ2) is 9.15. The summed E-state index contributed by atoms with van der Waals surface area (Å²) < 4.78 is 16.4. The number of hydrogen-bond acceptors (Lipinski definition) is 4. The molecule has 0 radical (unpaired) electrons. The Morgan fingerprint density at radius 1 is 1.40 bits per heavy atom. The highest BCUT2D eigenvalue weighted by Crippen LogP contribution is 2.11. The van der Waals surface area contributed by atoms with Gasteiger partial charge in [0.2, 0.25) is 0 Å². The monoisotopic (exact) mass is 287 g/mol. The van der Waals surface area contributed by atoms with Crippen molar-refractivity contribution in [1.82, 2.24) is 10.6 Å². The molecule has 0 amide bonds. The van der Waals surface area contributed by atoms with Gasteiger partial charge in [-0.25, -0.2) is 0 Å². The molecule has 1 aliphatic heterocycles. The lowest BCUT2D eigenvalue weighted by atomic mass is 10.1. The van der Waals surface area contributed by atoms with Gasteiger partial charge in [-0.05, 0) is 26.7 Å². The van der Waals surface area contributed by atoms with Crippen LogP contribution < -0.4 is 10.6 Å². The molecule has 1 fully saturated rings. The van der Waals surface area contributed by atoms with E-state index in [2.05, 4.69) is 15.6 Å². The van der Waals surface area contributed by atoms with Gasteiger partial charge < -0.3 is 24.8 Å². The molecule has 6 heteroatoms. The molecule has 0 aromatic carbocycles. The molecule has 1 heterocycles. The van der Waals surface area contributed by atoms with Crippen molar-refractivity contribution in [2.45, 2.75) is 38.4 Å². The fourth-order valence-electron chi connectivity index (χ4n) is 1.82. The number of nitrogens with one attached hydrogen (secondary N) is 2. The molecule has 0 aliphatic carbocycles. The molecule has 0 aromatic heterocycles. The van der Waals surface area contributed by atoms with Gasteiger partial charge in [0.25, 0.3) is 0 Å². The van der Waals surface area contributed by atoms with Gasteiger partial charge in [0.15, 0.2) is 5.96 Å². The first-order valence-corrected chi connectivity index (χ1v) is 7.26. The molecule has 1 rings (SSSR count). The Morgan fingerprint density at radius 2 is 2.20 bits per heavy atom. The van der Waals surface area contributed by atoms with Gasteiger partial charge in [0, 0.05) is 33.9 Å². The number of guanidine groups is 1. The van der Waals surface area contributed by atoms with E-state index < -0.39 is 0 Å². The summed E-state index contributed by atoms with van der Waals surface area (Å²) in [4.78, 5) is 4.16. The Bertz CT molecular complexity index is 289. The van der Waals surface area contributed by atoms with Crippen molar-refractivity contribution in [3.63, 3.8) is 0 Å². The normalized spacial score (nSPS) is 20.2. The van der Waals surface area contributed by atoms with E-state index >= 15 is 0 Å². The van der Waals surface area contributed by atoms with Crippen LogP contribution in [0.5, 0.6) is 0 Å². The smallest absolute Gasteiger partial charge is 0.191 e. The Balaban J connectivity index is 2.06. The molecule has 0 bridgehead atoms. The molecule has 0 spiro atoms. The van der Waals surface area contributed by atoms with Gasteiger partial charge in [-0.1, -0.05) is 0 Å². The Hall–Kier alpha value is -0.850. The lowest BCUT2D eigenvalue weighted by molar-refractivity contribution is 0.0188. The third kappa shape index (κ3) is 7.07. The number of nitrogens with zero attached hydrogens (tertiary/aromatic N) is 1. The first kappa shape index (κ1) is 17.2. The second-order valence-corrected chi connectivity index (χ2v) is 5.53. The highest BCUT2D eigenvalue weighted by Gasteiger charge is 2.17. The SMILES string of the molecule is CN=C(NCCOCC1CCCO1)NCC(C)(C)OC. The Kier molecular flexibility index (Phi) is 7.87. The molecule has 2 N–H and O–H groups in total. The molecule has 0 saturated carbocycles. The summed E-state index contributed by atoms with van der Waals surface area (Å²) in [6.45, 7) is 7.67. The highest BCUT2D eigenvalue weighted by molar-refractivity contribution is 5.79. The highest BCUT2D eigenvalue weighted by atomic mass is 16.5. The van der Waals surface area contributed by atoms with Crippen LogP contribution in [0.2, 0.25) is 0 Å². The quantitative estimate of drug-likeness (QED) is 0.392. The third-order valence-corrected chi connectivity index (χ3v) is 3.32. The summed E-state index contributed by atoms with van der Waals surface area (Å²) in [5.74, 6) is 0.760. The minimum absolute atomic E-state index is 0.214. The number of aliphatic imine (C=N–C) groups is 1. The van der Waals surface area contributed by atoms with Crippen molar-refractivity contribution in [2.75, 3.05) is 47.1 Å². The zero-order valence-corrected chi connectivity index (χ0v) is 13.2. The van der Waals surface area contributed by atoms with E-state index in [4.69, 9.17) is 14.2 Å². The van der Waals surface area contributed by atoms with Crippen molar-refractivity contribution < 1.29 is 14.2 Å². The topological polar surface area (TPSA) is 64.1 Å². The fraction of sp³-hybridized carbons (Fsp3) is 0.929. The van der Waals surface area contributed by atoms with Crippen LogP contribution in [0.3, 0.4) is 0 Å². The molecule has 0 aromatic rings. The van der Waals surface area contributed by atoms with E-state index in [0.29, 0.717) is 19.8 Å². The van der Waals surface area contributed by atoms with Crippen LogP contribution in [0.25, 0.3) is 0 Å². The molecule has 1 aliphatic rings. The second-order valence-electron chi connectivity index (χ2n) is 5.53. The summed E-state index contributed by atoms with van der Waals surface area (Å²) in [6, 6.07) is 0. The van der Waals surface area contributed by atoms with E-state index in [-0.39, 0.29) is 11.7 Å². The first-order chi connectivity index (χ1) is 9.57. The van der Waals surface area contributed by atoms with E-state index in [0.717, 1.165) is 32.0 Å². The number of methoxy groups -OCH3 is 1. The van der Waals surface area contributed by atoms with Gasteiger partial charge in [0.05, 0.1) is 24.9 Å². The minimum atomic E-state index is -0.214. The number of ether oxygens (including phenoxy) is 3. The van der Waals surface area contributed by atoms with Crippen molar-refractivity contribution in [3.05, 3.63) is 0 Å². The van der Waals surface area contributed by atoms with Crippen LogP contribution in [0, 0.1) is 0 Å². The third-order valence-electron chi connectivity index (χ3n) is 3.32. The van der Waals surface area contributed by atoms with E-state index in [1.165, 1.54) is 0 Å². The lowest BCUT2D eigenvalue weighted by Crippen LogP contribution is -2.46. The minimum Gasteiger partial charge on any atom is -0.377 e. The van der Waals surface area contributed by atoms with Crippen LogP contribution in [-0.2, 0) is 14.2 Å². The molecule has 1 saturated heterocycles. The molecule has 118 valence electrons. The molecular weight excluding hydrogens is 258 g/mol. The van der Waals surface area contributed by atoms with E-state index in [1.807, 2.05) is 13.8 Å². The van der Waals surface area contributed by atoms with Gasteiger partial charge in [-0.2, -0.15) is 0 Å². The average molecular weight is 287 g/mol. The zero-order valence-electron chi connectivity index (χ0n) is 13.2. The lowest BCUT2D eigenvalue weighted by Gasteiger charge is -2.24. The van der Waals surface area contributed by atoms with Crippen LogP contribution in [0.4, 0.5) is 0 Å². The van der Waals surface area contributed by atoms with Crippen molar-refractivity contribution in [3.8, 4) is 0 Å². The van der Waals surface area contributed by atoms with Gasteiger partial charge >= 0.3 is 0 Å². The van der Waals surface area contributed by atoms with E-state index in [9.17, 15) is 0 Å².